The van der Waals surface area contributed by atoms with Gasteiger partial charge >= 0.3 is 0 Å². The van der Waals surface area contributed by atoms with Crippen LogP contribution in [0.1, 0.15) is 23.2 Å². The van der Waals surface area contributed by atoms with Gasteiger partial charge in [0.05, 0.1) is 22.4 Å². The minimum absolute atomic E-state index is 0.0288. The van der Waals surface area contributed by atoms with Crippen molar-refractivity contribution in [2.45, 2.75) is 31.4 Å². The predicted molar refractivity (Wildman–Crippen MR) is 92.6 cm³/mol. The number of pyridine rings is 1. The van der Waals surface area contributed by atoms with E-state index in [1.165, 1.54) is 0 Å². The van der Waals surface area contributed by atoms with Crippen molar-refractivity contribution >= 4 is 31.6 Å². The van der Waals surface area contributed by atoms with E-state index in [-0.39, 0.29) is 17.1 Å². The Hall–Kier alpha value is -2.19. The highest BCUT2D eigenvalue weighted by molar-refractivity contribution is 7.90. The second-order valence-electron chi connectivity index (χ2n) is 6.34. The van der Waals surface area contributed by atoms with E-state index in [4.69, 9.17) is 5.73 Å². The van der Waals surface area contributed by atoms with Crippen LogP contribution in [0.5, 0.6) is 0 Å². The molecule has 0 saturated heterocycles. The van der Waals surface area contributed by atoms with Crippen molar-refractivity contribution in [1.29, 1.82) is 0 Å². The lowest BCUT2D eigenvalue weighted by molar-refractivity contribution is 0.598. The first-order valence-corrected chi connectivity index (χ1v) is 9.67. The molecule has 4 rings (SSSR count). The van der Waals surface area contributed by atoms with Gasteiger partial charge in [-0.25, -0.2) is 8.42 Å². The lowest BCUT2D eigenvalue weighted by Gasteiger charge is -2.12. The summed E-state index contributed by atoms with van der Waals surface area (Å²) in [5, 5.41) is 8.51. The number of benzene rings is 1. The molecule has 3 aromatic rings. The number of rotatable bonds is 3. The summed E-state index contributed by atoms with van der Waals surface area (Å²) in [6.45, 7) is 2.79. The van der Waals surface area contributed by atoms with Crippen LogP contribution < -0.4 is 11.3 Å². The van der Waals surface area contributed by atoms with Crippen LogP contribution in [0.15, 0.2) is 16.9 Å². The number of fused-ring (bicyclic) bond motifs is 4. The first kappa shape index (κ1) is 15.3. The fraction of sp³-hybridized carbons (Fsp3) is 0.375. The number of aromatic nitrogens is 3. The Bertz CT molecular complexity index is 1140. The van der Waals surface area contributed by atoms with Gasteiger partial charge < -0.3 is 10.3 Å². The van der Waals surface area contributed by atoms with Crippen molar-refractivity contribution in [2.75, 3.05) is 6.54 Å². The highest BCUT2D eigenvalue weighted by Crippen LogP contribution is 2.32. The molecule has 7 nitrogen and oxygen atoms in total. The van der Waals surface area contributed by atoms with Gasteiger partial charge in [-0.3, -0.25) is 9.89 Å². The fourth-order valence-electron chi connectivity index (χ4n) is 3.48. The predicted octanol–water partition coefficient (Wildman–Crippen LogP) is 0.963. The summed E-state index contributed by atoms with van der Waals surface area (Å²) in [4.78, 5) is 12.9. The number of H-pyrrole nitrogens is 1. The molecule has 0 bridgehead atoms. The van der Waals surface area contributed by atoms with E-state index >= 15 is 0 Å². The molecule has 1 aliphatic rings. The Morgan fingerprint density at radius 1 is 1.29 bits per heavy atom. The monoisotopic (exact) mass is 346 g/mol. The molecule has 126 valence electrons. The minimum atomic E-state index is -3.11. The molecule has 0 amide bonds. The van der Waals surface area contributed by atoms with Crippen LogP contribution in [-0.2, 0) is 27.9 Å². The van der Waals surface area contributed by atoms with Crippen LogP contribution in [0.4, 0.5) is 0 Å². The van der Waals surface area contributed by atoms with E-state index in [2.05, 4.69) is 10.2 Å². The van der Waals surface area contributed by atoms with Gasteiger partial charge in [0.2, 0.25) is 0 Å². The van der Waals surface area contributed by atoms with Gasteiger partial charge in [-0.2, -0.15) is 5.10 Å². The first-order valence-electron chi connectivity index (χ1n) is 7.85. The number of nitrogens with two attached hydrogens (primary N) is 1. The molecule has 0 aliphatic carbocycles. The van der Waals surface area contributed by atoms with Crippen LogP contribution in [0.25, 0.3) is 21.8 Å². The van der Waals surface area contributed by atoms with Gasteiger partial charge in [-0.05, 0) is 43.1 Å². The SMILES string of the molecule is Cc1[nH]nc2c1c(=O)n(CCCN)c1cc3c(cc21)CS(=O)(=O)C3. The lowest BCUT2D eigenvalue weighted by Crippen LogP contribution is -2.22. The maximum absolute atomic E-state index is 12.9. The van der Waals surface area contributed by atoms with E-state index in [0.29, 0.717) is 36.1 Å². The molecule has 24 heavy (non-hydrogen) atoms. The van der Waals surface area contributed by atoms with Crippen LogP contribution in [0, 0.1) is 6.92 Å². The summed E-state index contributed by atoms with van der Waals surface area (Å²) in [5.41, 5.74) is 9.11. The van der Waals surface area contributed by atoms with Crippen LogP contribution in [0.2, 0.25) is 0 Å². The average molecular weight is 346 g/mol. The van der Waals surface area contributed by atoms with Crippen molar-refractivity contribution < 1.29 is 8.42 Å². The topological polar surface area (TPSA) is 111 Å². The molecular weight excluding hydrogens is 328 g/mol. The Kier molecular flexibility index (Phi) is 3.29. The zero-order chi connectivity index (χ0) is 17.1. The number of nitrogens with one attached hydrogen (secondary N) is 1. The number of nitrogens with zero attached hydrogens (tertiary/aromatic N) is 2. The van der Waals surface area contributed by atoms with Gasteiger partial charge in [0.25, 0.3) is 5.56 Å². The quantitative estimate of drug-likeness (QED) is 0.734. The summed E-state index contributed by atoms with van der Waals surface area (Å²) in [6, 6.07) is 3.70. The van der Waals surface area contributed by atoms with E-state index < -0.39 is 9.84 Å². The van der Waals surface area contributed by atoms with E-state index in [0.717, 1.165) is 22.0 Å². The maximum Gasteiger partial charge on any atom is 0.262 e. The zero-order valence-corrected chi connectivity index (χ0v) is 14.1. The average Bonchev–Trinajstić information content (AvgIpc) is 3.04. The number of aromatic amines is 1. The number of hydrogen-bond donors (Lipinski definition) is 2. The van der Waals surface area contributed by atoms with Crippen molar-refractivity contribution in [1.82, 2.24) is 14.8 Å². The second-order valence-corrected chi connectivity index (χ2v) is 8.41. The van der Waals surface area contributed by atoms with Gasteiger partial charge in [0, 0.05) is 17.6 Å². The molecule has 0 saturated carbocycles. The van der Waals surface area contributed by atoms with Crippen LogP contribution >= 0.6 is 0 Å². The molecule has 0 fully saturated rings. The van der Waals surface area contributed by atoms with Crippen molar-refractivity contribution in [3.05, 3.63) is 39.3 Å². The molecule has 3 heterocycles. The van der Waals surface area contributed by atoms with Gasteiger partial charge in [-0.1, -0.05) is 0 Å². The number of aryl methyl sites for hydroxylation is 2. The third-order valence-corrected chi connectivity index (χ3v) is 6.11. The normalized spacial score (nSPS) is 16.1. The molecule has 1 aliphatic heterocycles. The standard InChI is InChI=1S/C16H18N4O3S/c1-9-14-15(19-18-9)12-5-10-7-24(22,23)8-11(10)6-13(12)20(16(14)21)4-2-3-17/h5-6H,2-4,7-8,17H2,1H3,(H,18,19). The first-order chi connectivity index (χ1) is 11.4. The molecule has 3 N–H and O–H groups in total. The Morgan fingerprint density at radius 2 is 2.00 bits per heavy atom. The Labute approximate surface area is 138 Å². The molecule has 2 aromatic heterocycles. The highest BCUT2D eigenvalue weighted by atomic mass is 32.2. The van der Waals surface area contributed by atoms with E-state index in [9.17, 15) is 13.2 Å². The molecule has 8 heteroatoms. The Balaban J connectivity index is 2.12. The summed E-state index contributed by atoms with van der Waals surface area (Å²) in [6.07, 6.45) is 0.673. The minimum Gasteiger partial charge on any atom is -0.330 e. The summed E-state index contributed by atoms with van der Waals surface area (Å²) >= 11 is 0. The summed E-state index contributed by atoms with van der Waals surface area (Å²) in [5.74, 6) is 0.0755. The molecule has 1 aromatic carbocycles. The fourth-order valence-corrected chi connectivity index (χ4v) is 5.07. The largest absolute Gasteiger partial charge is 0.330 e. The van der Waals surface area contributed by atoms with E-state index in [1.807, 2.05) is 19.1 Å². The summed E-state index contributed by atoms with van der Waals surface area (Å²) < 4.78 is 25.6. The maximum atomic E-state index is 12.9. The molecule has 0 atom stereocenters. The summed E-state index contributed by atoms with van der Waals surface area (Å²) in [7, 11) is -3.11. The van der Waals surface area contributed by atoms with Crippen molar-refractivity contribution in [3.63, 3.8) is 0 Å². The zero-order valence-electron chi connectivity index (χ0n) is 13.3. The van der Waals surface area contributed by atoms with Gasteiger partial charge in [0.1, 0.15) is 5.52 Å². The third kappa shape index (κ3) is 2.17. The second kappa shape index (κ2) is 5.15. The van der Waals surface area contributed by atoms with Crippen molar-refractivity contribution in [2.24, 2.45) is 5.73 Å². The molecule has 0 radical (unpaired) electrons. The van der Waals surface area contributed by atoms with E-state index in [1.54, 1.807) is 4.57 Å². The van der Waals surface area contributed by atoms with Crippen molar-refractivity contribution in [3.8, 4) is 0 Å². The number of sulfone groups is 1. The number of hydrogen-bond acceptors (Lipinski definition) is 5. The van der Waals surface area contributed by atoms with Crippen LogP contribution in [0.3, 0.4) is 0 Å². The molecule has 0 spiro atoms. The van der Waals surface area contributed by atoms with Gasteiger partial charge in [0.15, 0.2) is 9.84 Å². The van der Waals surface area contributed by atoms with Gasteiger partial charge in [-0.15, -0.1) is 0 Å². The molecule has 0 unspecified atom stereocenters. The van der Waals surface area contributed by atoms with Crippen LogP contribution in [-0.4, -0.2) is 29.7 Å². The molecular formula is C16H18N4O3S. The third-order valence-electron chi connectivity index (χ3n) is 4.61. The highest BCUT2D eigenvalue weighted by Gasteiger charge is 2.26. The Morgan fingerprint density at radius 3 is 2.71 bits per heavy atom. The lowest BCUT2D eigenvalue weighted by atomic mass is 10.0. The smallest absolute Gasteiger partial charge is 0.262 e.